The first-order valence-electron chi connectivity index (χ1n) is 4.86. The molecule has 0 bridgehead atoms. The summed E-state index contributed by atoms with van der Waals surface area (Å²) in [4.78, 5) is 28.3. The molecule has 0 amide bonds. The molecule has 1 aromatic carbocycles. The zero-order valence-corrected chi connectivity index (χ0v) is 8.95. The molecule has 2 aromatic rings. The quantitative estimate of drug-likeness (QED) is 0.552. The Labute approximate surface area is 101 Å². The Hall–Kier alpha value is -2.83. The lowest BCUT2D eigenvalue weighted by Crippen LogP contribution is -2.14. The Morgan fingerprint density at radius 2 is 2.11 bits per heavy atom. The van der Waals surface area contributed by atoms with Gasteiger partial charge in [-0.3, -0.25) is 0 Å². The second-order valence-corrected chi connectivity index (χ2v) is 3.32. The predicted molar refractivity (Wildman–Crippen MR) is 58.6 cm³/mol. The number of rotatable bonds is 3. The molecule has 0 atom stereocenters. The number of carbonyl (C=O) groups is 2. The van der Waals surface area contributed by atoms with Gasteiger partial charge in [0.15, 0.2) is 11.4 Å². The van der Waals surface area contributed by atoms with Crippen LogP contribution in [0.25, 0.3) is 0 Å². The van der Waals surface area contributed by atoms with Gasteiger partial charge in [0.2, 0.25) is 0 Å². The Balaban J connectivity index is 2.22. The second kappa shape index (κ2) is 4.58. The number of H-pyrrole nitrogens is 1. The number of nitrogens with one attached hydrogen (secondary N) is 1. The third-order valence-corrected chi connectivity index (χ3v) is 2.07. The average Bonchev–Trinajstić information content (AvgIpc) is 2.77. The number of imidazole rings is 1. The summed E-state index contributed by atoms with van der Waals surface area (Å²) in [5, 5.41) is 18.0. The highest BCUT2D eigenvalue weighted by Crippen LogP contribution is 2.19. The monoisotopic (exact) mass is 248 g/mol. The number of ether oxygens (including phenoxy) is 1. The number of phenolic OH excluding ortho intramolecular Hbond substituents is 1. The normalized spacial score (nSPS) is 10.0. The van der Waals surface area contributed by atoms with Crippen LogP contribution in [0.4, 0.5) is 0 Å². The summed E-state index contributed by atoms with van der Waals surface area (Å²) in [6.07, 6.45) is 1.09. The maximum atomic E-state index is 11.7. The first kappa shape index (κ1) is 11.6. The summed E-state index contributed by atoms with van der Waals surface area (Å²) in [7, 11) is 0. The smallest absolute Gasteiger partial charge is 0.362 e. The fraction of sp³-hybridized carbons (Fsp3) is 0. The van der Waals surface area contributed by atoms with Crippen molar-refractivity contribution in [3.8, 4) is 11.5 Å². The zero-order chi connectivity index (χ0) is 13.1. The number of hydrogen-bond acceptors (Lipinski definition) is 5. The first-order chi connectivity index (χ1) is 8.58. The molecule has 1 heterocycles. The van der Waals surface area contributed by atoms with Gasteiger partial charge in [-0.1, -0.05) is 6.07 Å². The van der Waals surface area contributed by atoms with Crippen molar-refractivity contribution in [2.45, 2.75) is 0 Å². The number of nitrogens with zero attached hydrogens (tertiary/aromatic N) is 1. The Morgan fingerprint density at radius 3 is 2.78 bits per heavy atom. The van der Waals surface area contributed by atoms with Gasteiger partial charge in [0.1, 0.15) is 11.5 Å². The fourth-order valence-electron chi connectivity index (χ4n) is 1.32. The van der Waals surface area contributed by atoms with E-state index in [0.29, 0.717) is 0 Å². The molecular weight excluding hydrogens is 240 g/mol. The van der Waals surface area contributed by atoms with E-state index in [9.17, 15) is 14.7 Å². The largest absolute Gasteiger partial charge is 0.508 e. The predicted octanol–water partition coefficient (Wildman–Crippen LogP) is 1.03. The van der Waals surface area contributed by atoms with Gasteiger partial charge < -0.3 is 19.9 Å². The van der Waals surface area contributed by atoms with Crippen molar-refractivity contribution in [1.82, 2.24) is 9.97 Å². The Morgan fingerprint density at radius 1 is 1.33 bits per heavy atom. The third kappa shape index (κ3) is 2.29. The molecule has 0 aliphatic carbocycles. The minimum Gasteiger partial charge on any atom is -0.508 e. The summed E-state index contributed by atoms with van der Waals surface area (Å²) < 4.78 is 4.90. The van der Waals surface area contributed by atoms with Gasteiger partial charge in [-0.2, -0.15) is 0 Å². The number of esters is 1. The van der Waals surface area contributed by atoms with Gasteiger partial charge in [0.05, 0.1) is 6.33 Å². The number of aromatic carboxylic acids is 1. The third-order valence-electron chi connectivity index (χ3n) is 2.07. The van der Waals surface area contributed by atoms with Crippen molar-refractivity contribution in [1.29, 1.82) is 0 Å². The molecule has 18 heavy (non-hydrogen) atoms. The van der Waals surface area contributed by atoms with E-state index in [2.05, 4.69) is 9.97 Å². The number of carboxylic acids is 1. The van der Waals surface area contributed by atoms with E-state index < -0.39 is 17.6 Å². The number of hydrogen-bond donors (Lipinski definition) is 3. The van der Waals surface area contributed by atoms with E-state index in [-0.39, 0.29) is 17.2 Å². The van der Waals surface area contributed by atoms with Crippen molar-refractivity contribution in [2.75, 3.05) is 0 Å². The van der Waals surface area contributed by atoms with Crippen LogP contribution in [-0.2, 0) is 0 Å². The summed E-state index contributed by atoms with van der Waals surface area (Å²) in [6.45, 7) is 0. The molecule has 1 aromatic heterocycles. The van der Waals surface area contributed by atoms with Gasteiger partial charge in [0, 0.05) is 6.07 Å². The van der Waals surface area contributed by atoms with Crippen molar-refractivity contribution < 1.29 is 24.5 Å². The molecule has 0 saturated carbocycles. The van der Waals surface area contributed by atoms with Crippen LogP contribution in [0.15, 0.2) is 30.6 Å². The van der Waals surface area contributed by atoms with E-state index in [1.54, 1.807) is 0 Å². The van der Waals surface area contributed by atoms with Crippen molar-refractivity contribution >= 4 is 11.9 Å². The van der Waals surface area contributed by atoms with Crippen LogP contribution in [0, 0.1) is 0 Å². The maximum absolute atomic E-state index is 11.7. The van der Waals surface area contributed by atoms with Crippen molar-refractivity contribution in [3.05, 3.63) is 42.0 Å². The molecule has 92 valence electrons. The summed E-state index contributed by atoms with van der Waals surface area (Å²) >= 11 is 0. The summed E-state index contributed by atoms with van der Waals surface area (Å²) in [5.74, 6) is -2.19. The van der Waals surface area contributed by atoms with E-state index in [0.717, 1.165) is 6.33 Å². The van der Waals surface area contributed by atoms with Crippen LogP contribution in [0.3, 0.4) is 0 Å². The summed E-state index contributed by atoms with van der Waals surface area (Å²) in [6, 6.07) is 5.59. The van der Waals surface area contributed by atoms with Gasteiger partial charge in [0.25, 0.3) is 0 Å². The van der Waals surface area contributed by atoms with E-state index in [1.165, 1.54) is 24.3 Å². The summed E-state index contributed by atoms with van der Waals surface area (Å²) in [5.41, 5.74) is -0.675. The molecule has 3 N–H and O–H groups in total. The zero-order valence-electron chi connectivity index (χ0n) is 8.95. The molecule has 7 nitrogen and oxygen atoms in total. The minimum atomic E-state index is -1.33. The van der Waals surface area contributed by atoms with Crippen LogP contribution >= 0.6 is 0 Å². The molecule has 7 heteroatoms. The van der Waals surface area contributed by atoms with Gasteiger partial charge in [-0.25, -0.2) is 14.6 Å². The van der Waals surface area contributed by atoms with Gasteiger partial charge in [-0.15, -0.1) is 0 Å². The number of aromatic amines is 1. The SMILES string of the molecule is O=C(O)c1nc[nH]c1C(=O)Oc1cccc(O)c1. The lowest BCUT2D eigenvalue weighted by Gasteiger charge is -2.03. The average molecular weight is 248 g/mol. The topological polar surface area (TPSA) is 113 Å². The van der Waals surface area contributed by atoms with Crippen LogP contribution in [-0.4, -0.2) is 32.1 Å². The van der Waals surface area contributed by atoms with E-state index in [1.807, 2.05) is 0 Å². The minimum absolute atomic E-state index is 0.0663. The molecule has 0 radical (unpaired) electrons. The van der Waals surface area contributed by atoms with Gasteiger partial charge >= 0.3 is 11.9 Å². The van der Waals surface area contributed by atoms with Crippen LogP contribution in [0.1, 0.15) is 21.0 Å². The molecule has 0 fully saturated rings. The molecule has 0 aliphatic heterocycles. The van der Waals surface area contributed by atoms with Crippen LogP contribution in [0.2, 0.25) is 0 Å². The van der Waals surface area contributed by atoms with Crippen LogP contribution in [0.5, 0.6) is 11.5 Å². The van der Waals surface area contributed by atoms with Crippen LogP contribution < -0.4 is 4.74 Å². The lowest BCUT2D eigenvalue weighted by molar-refractivity contribution is 0.0661. The fourth-order valence-corrected chi connectivity index (χ4v) is 1.32. The molecule has 0 unspecified atom stereocenters. The lowest BCUT2D eigenvalue weighted by atomic mass is 10.3. The number of benzene rings is 1. The highest BCUT2D eigenvalue weighted by Gasteiger charge is 2.21. The number of aromatic nitrogens is 2. The van der Waals surface area contributed by atoms with Crippen molar-refractivity contribution in [3.63, 3.8) is 0 Å². The van der Waals surface area contributed by atoms with E-state index in [4.69, 9.17) is 9.84 Å². The number of phenols is 1. The van der Waals surface area contributed by atoms with Gasteiger partial charge in [-0.05, 0) is 12.1 Å². The van der Waals surface area contributed by atoms with E-state index >= 15 is 0 Å². The maximum Gasteiger partial charge on any atom is 0.362 e. The number of aromatic hydroxyl groups is 1. The first-order valence-corrected chi connectivity index (χ1v) is 4.86. The number of carboxylic acid groups (broad SMARTS) is 1. The highest BCUT2D eigenvalue weighted by atomic mass is 16.5. The Kier molecular flexibility index (Phi) is 2.96. The number of carbonyl (C=O) groups excluding carboxylic acids is 1. The molecular formula is C11H8N2O5. The van der Waals surface area contributed by atoms with Crippen molar-refractivity contribution in [2.24, 2.45) is 0 Å². The molecule has 0 aliphatic rings. The Bertz CT molecular complexity index is 605. The standard InChI is InChI=1S/C11H8N2O5/c14-6-2-1-3-7(4-6)18-11(17)9-8(10(15)16)12-5-13-9/h1-5,14H,(H,12,13)(H,15,16). The molecule has 0 spiro atoms. The second-order valence-electron chi connectivity index (χ2n) is 3.32. The molecule has 0 saturated heterocycles. The highest BCUT2D eigenvalue weighted by molar-refractivity contribution is 6.00. The molecule has 2 rings (SSSR count).